The van der Waals surface area contributed by atoms with Crippen molar-refractivity contribution in [2.45, 2.75) is 38.3 Å². The molecule has 4 aromatic rings. The second-order valence-corrected chi connectivity index (χ2v) is 14.4. The Balaban J connectivity index is 1.24. The number of ether oxygens (including phenoxy) is 3. The summed E-state index contributed by atoms with van der Waals surface area (Å²) in [5.41, 5.74) is 1.66. The largest absolute Gasteiger partial charge is 0.493 e. The van der Waals surface area contributed by atoms with E-state index in [1.54, 1.807) is 62.4 Å². The number of hydrogen-bond acceptors (Lipinski definition) is 9. The SMILES string of the molecule is COc1ccc(CN2CCN(CC(C)(C)CCN(Cc3ccccn3)S(=O)(=O)c3cccc4cnccc34)CC2)c(OC)c1OC. The molecule has 2 aromatic carbocycles. The average molecular weight is 648 g/mol. The molecule has 0 unspecified atom stereocenters. The summed E-state index contributed by atoms with van der Waals surface area (Å²) in [5, 5.41) is 1.47. The molecule has 1 fully saturated rings. The van der Waals surface area contributed by atoms with Crippen molar-refractivity contribution < 1.29 is 22.6 Å². The lowest BCUT2D eigenvalue weighted by molar-refractivity contribution is 0.0872. The third-order valence-corrected chi connectivity index (χ3v) is 10.6. The molecule has 46 heavy (non-hydrogen) atoms. The van der Waals surface area contributed by atoms with Crippen LogP contribution in [-0.2, 0) is 23.1 Å². The summed E-state index contributed by atoms with van der Waals surface area (Å²) in [6.07, 6.45) is 5.74. The lowest BCUT2D eigenvalue weighted by Crippen LogP contribution is -2.49. The molecule has 1 aliphatic heterocycles. The zero-order valence-electron chi connectivity index (χ0n) is 27.5. The Morgan fingerprint density at radius 3 is 2.30 bits per heavy atom. The highest BCUT2D eigenvalue weighted by molar-refractivity contribution is 7.89. The van der Waals surface area contributed by atoms with Gasteiger partial charge in [0, 0.05) is 80.7 Å². The summed E-state index contributed by atoms with van der Waals surface area (Å²) < 4.78 is 46.7. The lowest BCUT2D eigenvalue weighted by Gasteiger charge is -2.39. The molecule has 0 saturated carbocycles. The van der Waals surface area contributed by atoms with Gasteiger partial charge in [-0.25, -0.2) is 8.42 Å². The smallest absolute Gasteiger partial charge is 0.244 e. The number of pyridine rings is 2. The number of rotatable bonds is 14. The molecule has 5 rings (SSSR count). The second-order valence-electron chi connectivity index (χ2n) is 12.5. The first kappa shape index (κ1) is 33.6. The molecule has 0 spiro atoms. The van der Waals surface area contributed by atoms with Crippen LogP contribution in [-0.4, -0.2) is 93.1 Å². The minimum absolute atomic E-state index is 0.116. The standard InChI is InChI=1S/C35H45N5O5S/c1-35(2,26-39-21-19-38(20-22-39)24-28-12-13-31(43-3)34(45-5)33(28)44-4)15-18-40(25-29-10-6-7-16-37-29)46(41,42)32-11-8-9-27-23-36-17-14-30(27)32/h6-14,16-17,23H,15,18-22,24-26H2,1-5H3. The van der Waals surface area contributed by atoms with Crippen LogP contribution >= 0.6 is 0 Å². The van der Waals surface area contributed by atoms with E-state index in [0.29, 0.717) is 46.2 Å². The summed E-state index contributed by atoms with van der Waals surface area (Å²) in [4.78, 5) is 13.8. The van der Waals surface area contributed by atoms with Gasteiger partial charge in [0.15, 0.2) is 11.5 Å². The molecule has 11 heteroatoms. The maximum absolute atomic E-state index is 14.2. The molecule has 2 aromatic heterocycles. The zero-order chi connectivity index (χ0) is 32.7. The van der Waals surface area contributed by atoms with Crippen LogP contribution in [0, 0.1) is 5.41 Å². The Labute approximate surface area is 273 Å². The quantitative estimate of drug-likeness (QED) is 0.186. The van der Waals surface area contributed by atoms with Crippen molar-refractivity contribution in [3.05, 3.63) is 84.4 Å². The molecular formula is C35H45N5O5S. The van der Waals surface area contributed by atoms with E-state index in [-0.39, 0.29) is 12.0 Å². The van der Waals surface area contributed by atoms with Crippen molar-refractivity contribution in [1.82, 2.24) is 24.1 Å². The molecule has 0 bridgehead atoms. The fraction of sp³-hybridized carbons (Fsp3) is 0.429. The predicted octanol–water partition coefficient (Wildman–Crippen LogP) is 5.08. The number of methoxy groups -OCH3 is 3. The Morgan fingerprint density at radius 2 is 1.61 bits per heavy atom. The van der Waals surface area contributed by atoms with Crippen LogP contribution in [0.1, 0.15) is 31.5 Å². The van der Waals surface area contributed by atoms with Gasteiger partial charge in [0.05, 0.1) is 38.5 Å². The summed E-state index contributed by atoms with van der Waals surface area (Å²) in [7, 11) is 1.09. The molecule has 0 aliphatic carbocycles. The highest BCUT2D eigenvalue weighted by Crippen LogP contribution is 2.40. The first-order chi connectivity index (χ1) is 22.1. The number of nitrogens with zero attached hydrogens (tertiary/aromatic N) is 5. The number of benzene rings is 2. The lowest BCUT2D eigenvalue weighted by atomic mass is 9.88. The maximum atomic E-state index is 14.2. The average Bonchev–Trinajstić information content (AvgIpc) is 3.07. The van der Waals surface area contributed by atoms with Gasteiger partial charge >= 0.3 is 0 Å². The van der Waals surface area contributed by atoms with E-state index < -0.39 is 10.0 Å². The normalized spacial score (nSPS) is 14.9. The second kappa shape index (κ2) is 14.8. The fourth-order valence-corrected chi connectivity index (χ4v) is 7.79. The van der Waals surface area contributed by atoms with Gasteiger partial charge in [-0.1, -0.05) is 38.1 Å². The molecule has 0 radical (unpaired) electrons. The minimum atomic E-state index is -3.82. The van der Waals surface area contributed by atoms with Crippen LogP contribution in [0.25, 0.3) is 10.8 Å². The fourth-order valence-electron chi connectivity index (χ4n) is 6.16. The molecule has 3 heterocycles. The Kier molecular flexibility index (Phi) is 10.8. The highest BCUT2D eigenvalue weighted by Gasteiger charge is 2.31. The van der Waals surface area contributed by atoms with Crippen LogP contribution in [0.4, 0.5) is 0 Å². The van der Waals surface area contributed by atoms with Crippen LogP contribution in [0.5, 0.6) is 17.2 Å². The van der Waals surface area contributed by atoms with Gasteiger partial charge in [-0.15, -0.1) is 0 Å². The minimum Gasteiger partial charge on any atom is -0.493 e. The third-order valence-electron chi connectivity index (χ3n) is 8.66. The first-order valence-corrected chi connectivity index (χ1v) is 17.0. The topological polar surface area (TPSA) is 97.3 Å². The zero-order valence-corrected chi connectivity index (χ0v) is 28.3. The monoisotopic (exact) mass is 647 g/mol. The van der Waals surface area contributed by atoms with E-state index in [0.717, 1.165) is 50.2 Å². The molecule has 0 N–H and O–H groups in total. The van der Waals surface area contributed by atoms with Crippen LogP contribution < -0.4 is 14.2 Å². The Hall–Kier alpha value is -3.77. The van der Waals surface area contributed by atoms with E-state index in [9.17, 15) is 8.42 Å². The molecule has 0 atom stereocenters. The van der Waals surface area contributed by atoms with Crippen LogP contribution in [0.2, 0.25) is 0 Å². The molecule has 246 valence electrons. The summed E-state index contributed by atoms with van der Waals surface area (Å²) >= 11 is 0. The van der Waals surface area contributed by atoms with Crippen LogP contribution in [0.3, 0.4) is 0 Å². The summed E-state index contributed by atoms with van der Waals surface area (Å²) in [5.74, 6) is 1.96. The predicted molar refractivity (Wildman–Crippen MR) is 180 cm³/mol. The van der Waals surface area contributed by atoms with Crippen molar-refractivity contribution in [2.75, 3.05) is 60.6 Å². The third kappa shape index (κ3) is 7.78. The van der Waals surface area contributed by atoms with Crippen molar-refractivity contribution >= 4 is 20.8 Å². The number of fused-ring (bicyclic) bond motifs is 1. The van der Waals surface area contributed by atoms with E-state index >= 15 is 0 Å². The molecule has 10 nitrogen and oxygen atoms in total. The number of piperazine rings is 1. The van der Waals surface area contributed by atoms with E-state index in [4.69, 9.17) is 14.2 Å². The van der Waals surface area contributed by atoms with Crippen molar-refractivity contribution in [3.8, 4) is 17.2 Å². The molecule has 0 amide bonds. The van der Waals surface area contributed by atoms with Crippen molar-refractivity contribution in [1.29, 1.82) is 0 Å². The number of sulfonamides is 1. The van der Waals surface area contributed by atoms with E-state index in [2.05, 4.69) is 33.6 Å². The van der Waals surface area contributed by atoms with Gasteiger partial charge in [-0.2, -0.15) is 4.31 Å². The Bertz CT molecular complexity index is 1700. The van der Waals surface area contributed by atoms with Gasteiger partial charge < -0.3 is 19.1 Å². The highest BCUT2D eigenvalue weighted by atomic mass is 32.2. The van der Waals surface area contributed by atoms with Crippen LogP contribution in [0.15, 0.2) is 78.1 Å². The first-order valence-electron chi connectivity index (χ1n) is 15.6. The van der Waals surface area contributed by atoms with Gasteiger partial charge in [0.1, 0.15) is 0 Å². The molecule has 1 aliphatic rings. The maximum Gasteiger partial charge on any atom is 0.244 e. The summed E-state index contributed by atoms with van der Waals surface area (Å²) in [6, 6.07) is 16.7. The molecular weight excluding hydrogens is 602 g/mol. The van der Waals surface area contributed by atoms with Crippen molar-refractivity contribution in [3.63, 3.8) is 0 Å². The summed E-state index contributed by atoms with van der Waals surface area (Å²) in [6.45, 7) is 10.4. The van der Waals surface area contributed by atoms with Crippen molar-refractivity contribution in [2.24, 2.45) is 5.41 Å². The molecule has 1 saturated heterocycles. The van der Waals surface area contributed by atoms with Gasteiger partial charge in [-0.05, 0) is 42.2 Å². The van der Waals surface area contributed by atoms with Gasteiger partial charge in [-0.3, -0.25) is 14.9 Å². The Morgan fingerprint density at radius 1 is 0.848 bits per heavy atom. The number of hydrogen-bond donors (Lipinski definition) is 0. The van der Waals surface area contributed by atoms with Gasteiger partial charge in [0.25, 0.3) is 0 Å². The van der Waals surface area contributed by atoms with E-state index in [1.165, 1.54) is 0 Å². The van der Waals surface area contributed by atoms with E-state index in [1.807, 2.05) is 36.4 Å². The number of aromatic nitrogens is 2. The van der Waals surface area contributed by atoms with Gasteiger partial charge in [0.2, 0.25) is 15.8 Å².